The van der Waals surface area contributed by atoms with E-state index in [0.717, 1.165) is 12.0 Å². The minimum absolute atomic E-state index is 0.0235. The minimum Gasteiger partial charge on any atom is -0.455 e. The molecule has 2 aromatic rings. The first-order valence-electron chi connectivity index (χ1n) is 7.19. The largest absolute Gasteiger partial charge is 0.455 e. The Morgan fingerprint density at radius 3 is 2.91 bits per heavy atom. The zero-order valence-corrected chi connectivity index (χ0v) is 13.8. The Hall–Kier alpha value is -1.73. The quantitative estimate of drug-likeness (QED) is 0.694. The van der Waals surface area contributed by atoms with Gasteiger partial charge in [0.1, 0.15) is 0 Å². The van der Waals surface area contributed by atoms with Crippen molar-refractivity contribution in [3.05, 3.63) is 22.7 Å². The van der Waals surface area contributed by atoms with Crippen LogP contribution >= 0.6 is 11.3 Å². The Kier molecular flexibility index (Phi) is 6.09. The van der Waals surface area contributed by atoms with Crippen LogP contribution in [0.2, 0.25) is 0 Å². The van der Waals surface area contributed by atoms with Gasteiger partial charge in [-0.25, -0.2) is 4.79 Å². The fraction of sp³-hybridized carbons (Fsp3) is 0.533. The summed E-state index contributed by atoms with van der Waals surface area (Å²) < 4.78 is 15.7. The Balaban J connectivity index is 1.76. The number of esters is 1. The van der Waals surface area contributed by atoms with Gasteiger partial charge in [0.15, 0.2) is 12.7 Å². The molecule has 7 heteroatoms. The highest BCUT2D eigenvalue weighted by Crippen LogP contribution is 2.19. The maximum atomic E-state index is 11.8. The van der Waals surface area contributed by atoms with Gasteiger partial charge in [0.05, 0.1) is 5.56 Å². The number of nitrogens with zero attached hydrogens (tertiary/aromatic N) is 2. The first-order chi connectivity index (χ1) is 10.6. The lowest BCUT2D eigenvalue weighted by atomic mass is 10.1. The Morgan fingerprint density at radius 2 is 2.23 bits per heavy atom. The van der Waals surface area contributed by atoms with E-state index in [-0.39, 0.29) is 6.61 Å². The zero-order valence-electron chi connectivity index (χ0n) is 12.9. The van der Waals surface area contributed by atoms with Gasteiger partial charge in [0, 0.05) is 12.0 Å². The number of carbonyl (C=O) groups excluding carboxylic acids is 1. The first-order valence-corrected chi connectivity index (χ1v) is 8.14. The normalized spacial score (nSPS) is 12.5. The van der Waals surface area contributed by atoms with Crippen molar-refractivity contribution < 1.29 is 18.8 Å². The van der Waals surface area contributed by atoms with E-state index in [1.807, 2.05) is 16.8 Å². The summed E-state index contributed by atoms with van der Waals surface area (Å²) in [6.45, 7) is 6.40. The lowest BCUT2D eigenvalue weighted by Crippen LogP contribution is -2.24. The van der Waals surface area contributed by atoms with E-state index in [2.05, 4.69) is 24.0 Å². The SMILES string of the molecule is CC(C)CCOC(C)C(=O)OCc1noc(-c2ccsc2)n1. The smallest absolute Gasteiger partial charge is 0.335 e. The van der Waals surface area contributed by atoms with Gasteiger partial charge in [0.25, 0.3) is 5.89 Å². The van der Waals surface area contributed by atoms with Gasteiger partial charge in [-0.05, 0) is 30.7 Å². The highest BCUT2D eigenvalue weighted by Gasteiger charge is 2.17. The maximum absolute atomic E-state index is 11.8. The van der Waals surface area contributed by atoms with E-state index in [9.17, 15) is 4.79 Å². The van der Waals surface area contributed by atoms with Crippen molar-refractivity contribution in [3.63, 3.8) is 0 Å². The van der Waals surface area contributed by atoms with Gasteiger partial charge in [-0.2, -0.15) is 16.3 Å². The van der Waals surface area contributed by atoms with Gasteiger partial charge in [-0.15, -0.1) is 0 Å². The van der Waals surface area contributed by atoms with Crippen molar-refractivity contribution in [2.75, 3.05) is 6.61 Å². The summed E-state index contributed by atoms with van der Waals surface area (Å²) in [4.78, 5) is 16.0. The molecule has 22 heavy (non-hydrogen) atoms. The van der Waals surface area contributed by atoms with E-state index in [1.54, 1.807) is 18.3 Å². The molecular weight excluding hydrogens is 304 g/mol. The maximum Gasteiger partial charge on any atom is 0.335 e. The Morgan fingerprint density at radius 1 is 1.41 bits per heavy atom. The zero-order chi connectivity index (χ0) is 15.9. The number of ether oxygens (including phenoxy) is 2. The van der Waals surface area contributed by atoms with Gasteiger partial charge in [0.2, 0.25) is 5.82 Å². The summed E-state index contributed by atoms with van der Waals surface area (Å²) >= 11 is 1.55. The average molecular weight is 324 g/mol. The second kappa shape index (κ2) is 8.05. The van der Waals surface area contributed by atoms with E-state index in [4.69, 9.17) is 14.0 Å². The predicted molar refractivity (Wildman–Crippen MR) is 82.3 cm³/mol. The summed E-state index contributed by atoms with van der Waals surface area (Å²) in [5, 5.41) is 7.63. The van der Waals surface area contributed by atoms with E-state index in [0.29, 0.717) is 24.2 Å². The van der Waals surface area contributed by atoms with Crippen molar-refractivity contribution >= 4 is 17.3 Å². The molecule has 0 saturated carbocycles. The monoisotopic (exact) mass is 324 g/mol. The lowest BCUT2D eigenvalue weighted by Gasteiger charge is -2.12. The lowest BCUT2D eigenvalue weighted by molar-refractivity contribution is -0.157. The fourth-order valence-electron chi connectivity index (χ4n) is 1.62. The number of thiophene rings is 1. The van der Waals surface area contributed by atoms with Crippen molar-refractivity contribution in [3.8, 4) is 11.5 Å². The third-order valence-corrected chi connectivity index (χ3v) is 3.66. The van der Waals surface area contributed by atoms with Crippen LogP contribution in [0.15, 0.2) is 21.3 Å². The molecule has 120 valence electrons. The summed E-state index contributed by atoms with van der Waals surface area (Å²) in [6.07, 6.45) is 0.314. The van der Waals surface area contributed by atoms with Crippen LogP contribution in [-0.4, -0.2) is 28.8 Å². The summed E-state index contributed by atoms with van der Waals surface area (Å²) in [7, 11) is 0. The second-order valence-electron chi connectivity index (χ2n) is 5.33. The van der Waals surface area contributed by atoms with Crippen LogP contribution in [-0.2, 0) is 20.9 Å². The fourth-order valence-corrected chi connectivity index (χ4v) is 2.25. The van der Waals surface area contributed by atoms with Gasteiger partial charge in [-0.3, -0.25) is 0 Å². The van der Waals surface area contributed by atoms with Crippen molar-refractivity contribution in [2.45, 2.75) is 39.9 Å². The van der Waals surface area contributed by atoms with Crippen molar-refractivity contribution in [1.82, 2.24) is 10.1 Å². The van der Waals surface area contributed by atoms with Crippen LogP contribution in [0, 0.1) is 5.92 Å². The molecule has 1 atom stereocenters. The molecule has 0 aliphatic carbocycles. The molecule has 2 rings (SSSR count). The highest BCUT2D eigenvalue weighted by molar-refractivity contribution is 7.08. The summed E-state index contributed by atoms with van der Waals surface area (Å²) in [6, 6.07) is 1.89. The first kappa shape index (κ1) is 16.6. The Bertz CT molecular complexity index is 580. The second-order valence-corrected chi connectivity index (χ2v) is 6.11. The molecule has 0 N–H and O–H groups in total. The van der Waals surface area contributed by atoms with Crippen LogP contribution in [0.1, 0.15) is 33.0 Å². The number of rotatable bonds is 8. The van der Waals surface area contributed by atoms with Crippen molar-refractivity contribution in [2.24, 2.45) is 5.92 Å². The van der Waals surface area contributed by atoms with Gasteiger partial charge in [-0.1, -0.05) is 19.0 Å². The average Bonchev–Trinajstić information content (AvgIpc) is 3.14. The standard InChI is InChI=1S/C15H20N2O4S/c1-10(2)4-6-19-11(3)15(18)20-8-13-16-14(21-17-13)12-5-7-22-9-12/h5,7,9-11H,4,6,8H2,1-3H3. The molecule has 1 unspecified atom stereocenters. The van der Waals surface area contributed by atoms with Crippen LogP contribution in [0.4, 0.5) is 0 Å². The molecule has 0 fully saturated rings. The third kappa shape index (κ3) is 4.92. The molecule has 0 radical (unpaired) electrons. The number of hydrogen-bond acceptors (Lipinski definition) is 7. The number of hydrogen-bond donors (Lipinski definition) is 0. The van der Waals surface area contributed by atoms with E-state index >= 15 is 0 Å². The molecule has 0 aromatic carbocycles. The highest BCUT2D eigenvalue weighted by atomic mass is 32.1. The molecular formula is C15H20N2O4S. The molecule has 0 aliphatic heterocycles. The molecule has 0 spiro atoms. The minimum atomic E-state index is -0.595. The molecule has 0 aliphatic rings. The summed E-state index contributed by atoms with van der Waals surface area (Å²) in [5.41, 5.74) is 0.862. The summed E-state index contributed by atoms with van der Waals surface area (Å²) in [5.74, 6) is 0.876. The topological polar surface area (TPSA) is 74.5 Å². The van der Waals surface area contributed by atoms with Crippen LogP contribution in [0.25, 0.3) is 11.5 Å². The number of carbonyl (C=O) groups is 1. The van der Waals surface area contributed by atoms with Gasteiger partial charge < -0.3 is 14.0 Å². The molecule has 2 heterocycles. The molecule has 6 nitrogen and oxygen atoms in total. The van der Waals surface area contributed by atoms with E-state index < -0.39 is 12.1 Å². The van der Waals surface area contributed by atoms with Gasteiger partial charge >= 0.3 is 5.97 Å². The Labute approximate surface area is 133 Å². The van der Waals surface area contributed by atoms with Crippen LogP contribution in [0.3, 0.4) is 0 Å². The number of aromatic nitrogens is 2. The van der Waals surface area contributed by atoms with Crippen LogP contribution < -0.4 is 0 Å². The third-order valence-electron chi connectivity index (χ3n) is 2.97. The molecule has 0 bridgehead atoms. The molecule has 0 amide bonds. The van der Waals surface area contributed by atoms with Crippen LogP contribution in [0.5, 0.6) is 0 Å². The molecule has 2 aromatic heterocycles. The predicted octanol–water partition coefficient (Wildman–Crippen LogP) is 3.29. The molecule has 0 saturated heterocycles. The van der Waals surface area contributed by atoms with E-state index in [1.165, 1.54) is 0 Å². The van der Waals surface area contributed by atoms with Crippen molar-refractivity contribution in [1.29, 1.82) is 0 Å².